The number of carbonyl (C=O) groups excluding carboxylic acids is 1. The number of thioether (sulfide) groups is 1. The molecule has 0 spiro atoms. The van der Waals surface area contributed by atoms with Crippen LogP contribution in [0.4, 0.5) is 0 Å². The van der Waals surface area contributed by atoms with E-state index in [1.807, 2.05) is 6.92 Å². The number of ether oxygens (including phenoxy) is 4. The lowest BCUT2D eigenvalue weighted by Gasteiger charge is -2.38. The Morgan fingerprint density at radius 2 is 1.79 bits per heavy atom. The van der Waals surface area contributed by atoms with Crippen LogP contribution in [-0.4, -0.2) is 49.6 Å². The number of amides is 1. The van der Waals surface area contributed by atoms with Crippen LogP contribution < -0.4 is 18.9 Å². The first-order valence-electron chi connectivity index (χ1n) is 10.8. The Morgan fingerprint density at radius 1 is 1.15 bits per heavy atom. The summed E-state index contributed by atoms with van der Waals surface area (Å²) in [5.74, 6) is 1.44. The van der Waals surface area contributed by atoms with Gasteiger partial charge in [-0.25, -0.2) is 0 Å². The van der Waals surface area contributed by atoms with Crippen molar-refractivity contribution in [2.75, 3.05) is 33.7 Å². The first-order chi connectivity index (χ1) is 16.4. The van der Waals surface area contributed by atoms with E-state index in [1.54, 1.807) is 36.4 Å². The van der Waals surface area contributed by atoms with Gasteiger partial charge < -0.3 is 24.1 Å². The molecular formula is C25H26N2O6S. The van der Waals surface area contributed by atoms with E-state index in [1.165, 1.54) is 38.0 Å². The van der Waals surface area contributed by atoms with Crippen LogP contribution in [0.15, 0.2) is 47.0 Å². The van der Waals surface area contributed by atoms with E-state index in [4.69, 9.17) is 18.9 Å². The second-order valence-corrected chi connectivity index (χ2v) is 8.80. The first-order valence-corrected chi connectivity index (χ1v) is 11.8. The van der Waals surface area contributed by atoms with Gasteiger partial charge in [0.2, 0.25) is 11.7 Å². The average Bonchev–Trinajstić information content (AvgIpc) is 3.22. The summed E-state index contributed by atoms with van der Waals surface area (Å²) in [7, 11) is 4.55. The highest BCUT2D eigenvalue weighted by Gasteiger charge is 2.52. The minimum Gasteiger partial charge on any atom is -0.494 e. The van der Waals surface area contributed by atoms with E-state index in [2.05, 4.69) is 6.07 Å². The summed E-state index contributed by atoms with van der Waals surface area (Å²) in [6.07, 6.45) is 0.0188. The van der Waals surface area contributed by atoms with E-state index in [9.17, 15) is 15.2 Å². The number of benzene rings is 2. The molecule has 9 heteroatoms. The van der Waals surface area contributed by atoms with Crippen LogP contribution in [0.3, 0.4) is 0 Å². The minimum absolute atomic E-state index is 0.0188. The topological polar surface area (TPSA) is 101 Å². The lowest BCUT2D eigenvalue weighted by molar-refractivity contribution is -0.149. The Hall–Kier alpha value is -3.35. The highest BCUT2D eigenvalue weighted by molar-refractivity contribution is 8.03. The molecule has 0 unspecified atom stereocenters. The van der Waals surface area contributed by atoms with Crippen molar-refractivity contribution in [2.45, 2.75) is 25.0 Å². The number of aliphatic hydroxyl groups is 1. The van der Waals surface area contributed by atoms with Gasteiger partial charge in [0.05, 0.1) is 50.4 Å². The van der Waals surface area contributed by atoms with Crippen molar-refractivity contribution in [3.05, 3.63) is 58.1 Å². The average molecular weight is 483 g/mol. The Kier molecular flexibility index (Phi) is 6.64. The van der Waals surface area contributed by atoms with Gasteiger partial charge in [0.1, 0.15) is 5.75 Å². The zero-order chi connectivity index (χ0) is 24.5. The fourth-order valence-electron chi connectivity index (χ4n) is 4.41. The van der Waals surface area contributed by atoms with Gasteiger partial charge in [0.25, 0.3) is 0 Å². The summed E-state index contributed by atoms with van der Waals surface area (Å²) in [5, 5.41) is 22.2. The lowest BCUT2D eigenvalue weighted by Crippen LogP contribution is -2.48. The second-order valence-electron chi connectivity index (χ2n) is 7.84. The number of rotatable bonds is 7. The second kappa shape index (κ2) is 9.49. The maximum Gasteiger partial charge on any atom is 0.231 e. The summed E-state index contributed by atoms with van der Waals surface area (Å²) in [5.41, 5.74) is 0.129. The van der Waals surface area contributed by atoms with Crippen molar-refractivity contribution >= 4 is 17.7 Å². The van der Waals surface area contributed by atoms with Crippen molar-refractivity contribution in [1.29, 1.82) is 5.26 Å². The molecule has 0 saturated carbocycles. The number of methoxy groups -OCH3 is 3. The van der Waals surface area contributed by atoms with Crippen molar-refractivity contribution in [2.24, 2.45) is 0 Å². The van der Waals surface area contributed by atoms with Gasteiger partial charge in [-0.2, -0.15) is 5.26 Å². The largest absolute Gasteiger partial charge is 0.494 e. The number of nitrogens with zero attached hydrogens (tertiary/aromatic N) is 2. The van der Waals surface area contributed by atoms with E-state index >= 15 is 0 Å². The third kappa shape index (κ3) is 3.83. The summed E-state index contributed by atoms with van der Waals surface area (Å²) in [6.45, 7) is 2.43. The minimum atomic E-state index is -1.55. The lowest BCUT2D eigenvalue weighted by atomic mass is 9.85. The van der Waals surface area contributed by atoms with Crippen LogP contribution in [0.1, 0.15) is 30.4 Å². The predicted octanol–water partition coefficient (Wildman–Crippen LogP) is 3.75. The van der Waals surface area contributed by atoms with Crippen molar-refractivity contribution in [1.82, 2.24) is 4.90 Å². The number of hydrogen-bond donors (Lipinski definition) is 1. The summed E-state index contributed by atoms with van der Waals surface area (Å²) in [4.78, 5) is 14.8. The van der Waals surface area contributed by atoms with Crippen molar-refractivity contribution in [3.63, 3.8) is 0 Å². The maximum absolute atomic E-state index is 13.4. The molecule has 8 nitrogen and oxygen atoms in total. The molecule has 1 saturated heterocycles. The summed E-state index contributed by atoms with van der Waals surface area (Å²) >= 11 is 1.30. The molecule has 0 bridgehead atoms. The molecule has 0 radical (unpaired) electrons. The molecule has 1 amide bonds. The van der Waals surface area contributed by atoms with Crippen LogP contribution >= 0.6 is 11.8 Å². The molecule has 2 aliphatic heterocycles. The highest BCUT2D eigenvalue weighted by atomic mass is 32.2. The predicted molar refractivity (Wildman–Crippen MR) is 127 cm³/mol. The number of carbonyl (C=O) groups is 1. The van der Waals surface area contributed by atoms with Gasteiger partial charge in [0.15, 0.2) is 17.2 Å². The molecule has 0 aromatic heterocycles. The Morgan fingerprint density at radius 3 is 2.32 bits per heavy atom. The molecule has 34 heavy (non-hydrogen) atoms. The molecule has 1 fully saturated rings. The number of fused-ring (bicyclic) bond motifs is 1. The molecule has 2 heterocycles. The van der Waals surface area contributed by atoms with Gasteiger partial charge in [-0.15, -0.1) is 11.8 Å². The number of allylic oxidation sites excluding steroid dienone is 1. The molecule has 0 aliphatic carbocycles. The van der Waals surface area contributed by atoms with E-state index in [0.717, 1.165) is 0 Å². The number of hydrogen-bond acceptors (Lipinski definition) is 8. The molecule has 2 atom stereocenters. The Labute approximate surface area is 202 Å². The first kappa shape index (κ1) is 23.8. The zero-order valence-electron chi connectivity index (χ0n) is 19.5. The summed E-state index contributed by atoms with van der Waals surface area (Å²) < 4.78 is 21.8. The van der Waals surface area contributed by atoms with Gasteiger partial charge in [-0.05, 0) is 36.8 Å². The van der Waals surface area contributed by atoms with Crippen LogP contribution in [0.5, 0.6) is 23.0 Å². The number of nitriles is 1. The SMILES string of the molecule is CCOc1ccc([C@]2(O)CSC3=C(C#N)[C@@H](c4cc(OC)c(OC)c(OC)c4)CC(=O)N32)cc1. The van der Waals surface area contributed by atoms with Crippen molar-refractivity contribution < 1.29 is 28.8 Å². The third-order valence-electron chi connectivity index (χ3n) is 6.03. The molecule has 4 rings (SSSR count). The fraction of sp³-hybridized carbons (Fsp3) is 0.360. The van der Waals surface area contributed by atoms with Gasteiger partial charge >= 0.3 is 0 Å². The Balaban J connectivity index is 1.77. The molecule has 1 N–H and O–H groups in total. The van der Waals surface area contributed by atoms with Gasteiger partial charge in [-0.1, -0.05) is 12.1 Å². The molecule has 2 aromatic carbocycles. The van der Waals surface area contributed by atoms with E-state index in [-0.39, 0.29) is 18.1 Å². The standard InChI is InChI=1S/C25H26N2O6S/c1-5-33-17-8-6-16(7-9-17)25(29)14-34-24-19(13-26)18(12-22(28)27(24)25)15-10-20(30-2)23(32-4)21(11-15)31-3/h6-11,18,29H,5,12,14H2,1-4H3/t18-,25-/m1/s1. The highest BCUT2D eigenvalue weighted by Crippen LogP contribution is 2.53. The monoisotopic (exact) mass is 482 g/mol. The van der Waals surface area contributed by atoms with Gasteiger partial charge in [0, 0.05) is 17.9 Å². The van der Waals surface area contributed by atoms with E-state index in [0.29, 0.717) is 51.3 Å². The fourth-order valence-corrected chi connectivity index (χ4v) is 5.77. The maximum atomic E-state index is 13.4. The van der Waals surface area contributed by atoms with Crippen molar-refractivity contribution in [3.8, 4) is 29.1 Å². The molecular weight excluding hydrogens is 456 g/mol. The summed E-state index contributed by atoms with van der Waals surface area (Å²) in [6, 6.07) is 12.8. The quantitative estimate of drug-likeness (QED) is 0.637. The Bertz CT molecular complexity index is 1150. The molecule has 178 valence electrons. The van der Waals surface area contributed by atoms with Crippen LogP contribution in [0, 0.1) is 11.3 Å². The van der Waals surface area contributed by atoms with E-state index < -0.39 is 11.6 Å². The van der Waals surface area contributed by atoms with Crippen LogP contribution in [-0.2, 0) is 10.5 Å². The normalized spacial score (nSPS) is 21.7. The molecule has 2 aromatic rings. The third-order valence-corrected chi connectivity index (χ3v) is 7.25. The molecule has 2 aliphatic rings. The zero-order valence-corrected chi connectivity index (χ0v) is 20.3. The van der Waals surface area contributed by atoms with Crippen LogP contribution in [0.2, 0.25) is 0 Å². The smallest absolute Gasteiger partial charge is 0.231 e. The van der Waals surface area contributed by atoms with Gasteiger partial charge in [-0.3, -0.25) is 9.69 Å². The van der Waals surface area contributed by atoms with Crippen LogP contribution in [0.25, 0.3) is 0 Å².